The number of benzene rings is 3. The van der Waals surface area contributed by atoms with Crippen LogP contribution in [0.2, 0.25) is 0 Å². The van der Waals surface area contributed by atoms with Crippen molar-refractivity contribution in [3.63, 3.8) is 0 Å². The van der Waals surface area contributed by atoms with Gasteiger partial charge in [-0.2, -0.15) is 0 Å². The number of amides is 3. The first-order chi connectivity index (χ1) is 19.0. The van der Waals surface area contributed by atoms with Gasteiger partial charge in [-0.25, -0.2) is 4.79 Å². The summed E-state index contributed by atoms with van der Waals surface area (Å²) >= 11 is 0. The van der Waals surface area contributed by atoms with Crippen molar-refractivity contribution >= 4 is 23.6 Å². The van der Waals surface area contributed by atoms with Crippen LogP contribution in [-0.4, -0.2) is 46.1 Å². The molecule has 8 heteroatoms. The van der Waals surface area contributed by atoms with Gasteiger partial charge in [0.05, 0.1) is 0 Å². The second-order valence-electron chi connectivity index (χ2n) is 10.5. The van der Waals surface area contributed by atoms with Crippen molar-refractivity contribution in [1.29, 1.82) is 0 Å². The average molecular weight is 544 g/mol. The lowest BCUT2D eigenvalue weighted by atomic mass is 10.00. The van der Waals surface area contributed by atoms with E-state index in [1.54, 1.807) is 39.0 Å². The number of aromatic hydroxyl groups is 1. The number of hydrogen-bond donors (Lipinski definition) is 3. The Morgan fingerprint density at radius 1 is 0.975 bits per heavy atom. The number of rotatable bonds is 10. The number of nitrogens with one attached hydrogen (secondary N) is 2. The van der Waals surface area contributed by atoms with Gasteiger partial charge in [-0.05, 0) is 62.6 Å². The third kappa shape index (κ3) is 8.46. The number of phenols is 1. The Bertz CT molecular complexity index is 1320. The Labute approximate surface area is 235 Å². The number of phenolic OH excluding ortho intramolecular Hbond substituents is 1. The Morgan fingerprint density at radius 3 is 2.20 bits per heavy atom. The van der Waals surface area contributed by atoms with E-state index in [4.69, 9.17) is 4.74 Å². The number of carbonyl (C=O) groups is 3. The van der Waals surface area contributed by atoms with Gasteiger partial charge < -0.3 is 25.4 Å². The predicted molar refractivity (Wildman–Crippen MR) is 156 cm³/mol. The number of hydrogen-bond acceptors (Lipinski definition) is 5. The molecule has 0 spiro atoms. The Balaban J connectivity index is 2.03. The summed E-state index contributed by atoms with van der Waals surface area (Å²) in [7, 11) is 0. The Morgan fingerprint density at radius 2 is 1.60 bits per heavy atom. The second-order valence-corrected chi connectivity index (χ2v) is 10.5. The Kier molecular flexibility index (Phi) is 10.1. The van der Waals surface area contributed by atoms with Gasteiger partial charge in [0.2, 0.25) is 5.91 Å². The molecule has 0 aliphatic carbocycles. The fourth-order valence-electron chi connectivity index (χ4n) is 4.21. The fraction of sp³-hybridized carbons (Fsp3) is 0.281. The number of ether oxygens (including phenoxy) is 1. The molecule has 3 amide bonds. The lowest BCUT2D eigenvalue weighted by molar-refractivity contribution is -0.140. The number of nitrogens with zero attached hydrogens (tertiary/aromatic N) is 1. The molecule has 8 nitrogen and oxygen atoms in total. The first-order valence-corrected chi connectivity index (χ1v) is 13.1. The minimum atomic E-state index is -1.09. The highest BCUT2D eigenvalue weighted by Gasteiger charge is 2.36. The maximum Gasteiger partial charge on any atom is 0.408 e. The van der Waals surface area contributed by atoms with Crippen molar-refractivity contribution in [2.24, 2.45) is 0 Å². The van der Waals surface area contributed by atoms with E-state index in [2.05, 4.69) is 17.2 Å². The van der Waals surface area contributed by atoms with Crippen LogP contribution in [0.3, 0.4) is 0 Å². The first-order valence-electron chi connectivity index (χ1n) is 13.1. The first kappa shape index (κ1) is 30.0. The molecule has 3 aromatic rings. The zero-order chi connectivity index (χ0) is 29.3. The molecule has 0 aliphatic heterocycles. The summed E-state index contributed by atoms with van der Waals surface area (Å²) in [4.78, 5) is 42.2. The largest absolute Gasteiger partial charge is 0.508 e. The number of para-hydroxylation sites is 1. The summed E-state index contributed by atoms with van der Waals surface area (Å²) in [6, 6.07) is 20.6. The van der Waals surface area contributed by atoms with Crippen LogP contribution >= 0.6 is 0 Å². The van der Waals surface area contributed by atoms with Crippen molar-refractivity contribution in [1.82, 2.24) is 10.2 Å². The summed E-state index contributed by atoms with van der Waals surface area (Å²) < 4.78 is 5.45. The van der Waals surface area contributed by atoms with Crippen molar-refractivity contribution in [2.75, 3.05) is 11.9 Å². The average Bonchev–Trinajstić information content (AvgIpc) is 2.89. The highest BCUT2D eigenvalue weighted by atomic mass is 16.6. The molecule has 2 atom stereocenters. The number of alkyl carbamates (subject to hydrolysis) is 1. The van der Waals surface area contributed by atoms with E-state index in [-0.39, 0.29) is 18.7 Å². The SMILES string of the molecule is C=CCN(C(=O)C(Cc1ccccc1)NC(=O)OC(C)(C)C)C(C(=O)Nc1ccccc1C)c1ccc(O)cc1. The molecule has 0 aromatic heterocycles. The van der Waals surface area contributed by atoms with Gasteiger partial charge in [-0.15, -0.1) is 6.58 Å². The minimum absolute atomic E-state index is 0.0207. The van der Waals surface area contributed by atoms with Gasteiger partial charge in [-0.1, -0.05) is 66.7 Å². The lowest BCUT2D eigenvalue weighted by Gasteiger charge is -2.34. The van der Waals surface area contributed by atoms with Crippen LogP contribution in [0.15, 0.2) is 91.5 Å². The molecular weight excluding hydrogens is 506 g/mol. The molecular formula is C32H37N3O5. The van der Waals surface area contributed by atoms with Gasteiger partial charge in [0.15, 0.2) is 0 Å². The van der Waals surface area contributed by atoms with Crippen LogP contribution in [-0.2, 0) is 20.7 Å². The monoisotopic (exact) mass is 543 g/mol. The summed E-state index contributed by atoms with van der Waals surface area (Å²) in [6.45, 7) is 10.9. The fourth-order valence-corrected chi connectivity index (χ4v) is 4.21. The molecule has 0 aliphatic rings. The molecule has 210 valence electrons. The van der Waals surface area contributed by atoms with E-state index < -0.39 is 35.6 Å². The molecule has 40 heavy (non-hydrogen) atoms. The quantitative estimate of drug-likeness (QED) is 0.292. The van der Waals surface area contributed by atoms with Crippen LogP contribution in [0.25, 0.3) is 0 Å². The Hall–Kier alpha value is -4.59. The maximum atomic E-state index is 14.2. The standard InChI is InChI=1S/C32H37N3O5/c1-6-20-35(30(38)27(21-23-13-8-7-9-14-23)34-31(39)40-32(3,4)5)28(24-16-18-25(36)19-17-24)29(37)33-26-15-11-10-12-22(26)2/h6-19,27-28,36H,1,20-21H2,2-5H3,(H,33,37)(H,34,39). The summed E-state index contributed by atoms with van der Waals surface area (Å²) in [6.07, 6.45) is 0.958. The van der Waals surface area contributed by atoms with E-state index in [9.17, 15) is 19.5 Å². The molecule has 0 heterocycles. The van der Waals surface area contributed by atoms with E-state index >= 15 is 0 Å². The van der Waals surface area contributed by atoms with E-state index in [0.29, 0.717) is 11.3 Å². The molecule has 3 aromatic carbocycles. The van der Waals surface area contributed by atoms with Crippen molar-refractivity contribution in [2.45, 2.75) is 51.8 Å². The third-order valence-corrected chi connectivity index (χ3v) is 6.05. The number of carbonyl (C=O) groups excluding carboxylic acids is 3. The molecule has 0 fully saturated rings. The summed E-state index contributed by atoms with van der Waals surface area (Å²) in [5.74, 6) is -0.921. The molecule has 0 saturated heterocycles. The highest BCUT2D eigenvalue weighted by Crippen LogP contribution is 2.27. The van der Waals surface area contributed by atoms with Crippen LogP contribution in [0.4, 0.5) is 10.5 Å². The van der Waals surface area contributed by atoms with Crippen molar-refractivity contribution in [3.8, 4) is 5.75 Å². The third-order valence-electron chi connectivity index (χ3n) is 6.05. The van der Waals surface area contributed by atoms with Crippen molar-refractivity contribution in [3.05, 3.63) is 108 Å². The number of aryl methyl sites for hydroxylation is 1. The topological polar surface area (TPSA) is 108 Å². The normalized spacial score (nSPS) is 12.5. The smallest absolute Gasteiger partial charge is 0.408 e. The van der Waals surface area contributed by atoms with Crippen LogP contribution in [0.5, 0.6) is 5.75 Å². The maximum absolute atomic E-state index is 14.2. The zero-order valence-corrected chi connectivity index (χ0v) is 23.4. The van der Waals surface area contributed by atoms with E-state index in [1.807, 2.05) is 55.5 Å². The van der Waals surface area contributed by atoms with Crippen LogP contribution in [0.1, 0.15) is 43.5 Å². The zero-order valence-electron chi connectivity index (χ0n) is 23.4. The second kappa shape index (κ2) is 13.5. The minimum Gasteiger partial charge on any atom is -0.508 e. The summed E-state index contributed by atoms with van der Waals surface area (Å²) in [5, 5.41) is 15.5. The molecule has 3 N–H and O–H groups in total. The van der Waals surface area contributed by atoms with Crippen LogP contribution in [0, 0.1) is 6.92 Å². The highest BCUT2D eigenvalue weighted by molar-refractivity contribution is 5.99. The van der Waals surface area contributed by atoms with Crippen LogP contribution < -0.4 is 10.6 Å². The van der Waals surface area contributed by atoms with Gasteiger partial charge >= 0.3 is 6.09 Å². The van der Waals surface area contributed by atoms with Gasteiger partial charge in [0, 0.05) is 18.7 Å². The van der Waals surface area contributed by atoms with Gasteiger partial charge in [-0.3, -0.25) is 9.59 Å². The van der Waals surface area contributed by atoms with Crippen molar-refractivity contribution < 1.29 is 24.2 Å². The molecule has 0 saturated carbocycles. The predicted octanol–water partition coefficient (Wildman–Crippen LogP) is 5.53. The van der Waals surface area contributed by atoms with E-state index in [1.165, 1.54) is 23.1 Å². The van der Waals surface area contributed by atoms with E-state index in [0.717, 1.165) is 11.1 Å². The number of anilines is 1. The van der Waals surface area contributed by atoms with Gasteiger partial charge in [0.25, 0.3) is 5.91 Å². The molecule has 3 rings (SSSR count). The summed E-state index contributed by atoms with van der Waals surface area (Å²) in [5.41, 5.74) is 1.99. The molecule has 2 unspecified atom stereocenters. The molecule has 0 radical (unpaired) electrons. The van der Waals surface area contributed by atoms with Gasteiger partial charge in [0.1, 0.15) is 23.4 Å². The molecule has 0 bridgehead atoms. The lowest BCUT2D eigenvalue weighted by Crippen LogP contribution is -2.53.